The molecule has 19 heavy (non-hydrogen) atoms. The minimum absolute atomic E-state index is 0.101. The Morgan fingerprint density at radius 2 is 2.32 bits per heavy atom. The van der Waals surface area contributed by atoms with E-state index in [1.165, 1.54) is 12.1 Å². The molecule has 0 amide bonds. The number of carboxylic acid groups (broad SMARTS) is 1. The molecule has 0 saturated heterocycles. The van der Waals surface area contributed by atoms with E-state index in [4.69, 9.17) is 16.7 Å². The minimum atomic E-state index is -1.04. The van der Waals surface area contributed by atoms with E-state index < -0.39 is 5.97 Å². The Kier molecular flexibility index (Phi) is 4.01. The lowest BCUT2D eigenvalue weighted by Gasteiger charge is -2.08. The van der Waals surface area contributed by atoms with Crippen molar-refractivity contribution in [3.05, 3.63) is 41.1 Å². The zero-order valence-electron chi connectivity index (χ0n) is 10.3. The van der Waals surface area contributed by atoms with E-state index in [2.05, 4.69) is 15.3 Å². The smallest absolute Gasteiger partial charge is 0.339 e. The van der Waals surface area contributed by atoms with Crippen LogP contribution in [0.5, 0.6) is 0 Å². The Bertz CT molecular complexity index is 597. The van der Waals surface area contributed by atoms with Gasteiger partial charge in [0.2, 0.25) is 0 Å². The van der Waals surface area contributed by atoms with Crippen molar-refractivity contribution in [2.24, 2.45) is 7.05 Å². The zero-order valence-corrected chi connectivity index (χ0v) is 11.1. The molecule has 100 valence electrons. The van der Waals surface area contributed by atoms with Gasteiger partial charge in [-0.15, -0.1) is 0 Å². The second-order valence-corrected chi connectivity index (χ2v) is 4.35. The van der Waals surface area contributed by atoms with E-state index in [1.807, 2.05) is 17.8 Å². The maximum Gasteiger partial charge on any atom is 0.339 e. The Morgan fingerprint density at radius 1 is 1.53 bits per heavy atom. The highest BCUT2D eigenvalue weighted by molar-refractivity contribution is 6.29. The van der Waals surface area contributed by atoms with E-state index in [0.717, 1.165) is 5.82 Å². The fourth-order valence-electron chi connectivity index (χ4n) is 1.67. The number of nitrogens with zero attached hydrogens (tertiary/aromatic N) is 3. The lowest BCUT2D eigenvalue weighted by molar-refractivity contribution is 0.0697. The summed E-state index contributed by atoms with van der Waals surface area (Å²) in [5, 5.41) is 12.3. The first-order valence-corrected chi connectivity index (χ1v) is 6.05. The van der Waals surface area contributed by atoms with Crippen molar-refractivity contribution >= 4 is 23.4 Å². The van der Waals surface area contributed by atoms with Crippen molar-refractivity contribution < 1.29 is 9.90 Å². The predicted octanol–water partition coefficient (Wildman–Crippen LogP) is 1.82. The molecular weight excluding hydrogens is 268 g/mol. The fraction of sp³-hybridized carbons (Fsp3) is 0.250. The molecular formula is C12H13ClN4O2. The Balaban J connectivity index is 2.05. The third kappa shape index (κ3) is 3.23. The van der Waals surface area contributed by atoms with Gasteiger partial charge >= 0.3 is 5.97 Å². The van der Waals surface area contributed by atoms with Crippen molar-refractivity contribution in [2.75, 3.05) is 11.9 Å². The molecule has 2 rings (SSSR count). The van der Waals surface area contributed by atoms with Gasteiger partial charge in [0.25, 0.3) is 0 Å². The average molecular weight is 281 g/mol. The lowest BCUT2D eigenvalue weighted by atomic mass is 10.2. The highest BCUT2D eigenvalue weighted by Gasteiger charge is 2.11. The number of nitrogens with one attached hydrogen (secondary N) is 1. The SMILES string of the molecule is Cn1ccnc1CCNc1nc(Cl)ccc1C(=O)O. The number of pyridine rings is 1. The van der Waals surface area contributed by atoms with Crippen molar-refractivity contribution in [1.29, 1.82) is 0 Å². The zero-order chi connectivity index (χ0) is 13.8. The molecule has 2 N–H and O–H groups in total. The molecule has 0 unspecified atom stereocenters. The molecule has 0 fully saturated rings. The minimum Gasteiger partial charge on any atom is -0.478 e. The summed E-state index contributed by atoms with van der Waals surface area (Å²) in [7, 11) is 1.91. The Morgan fingerprint density at radius 3 is 2.95 bits per heavy atom. The second-order valence-electron chi connectivity index (χ2n) is 3.97. The van der Waals surface area contributed by atoms with Crippen LogP contribution in [0.15, 0.2) is 24.5 Å². The molecule has 7 heteroatoms. The van der Waals surface area contributed by atoms with Gasteiger partial charge in [-0.3, -0.25) is 0 Å². The second kappa shape index (κ2) is 5.71. The summed E-state index contributed by atoms with van der Waals surface area (Å²) < 4.78 is 1.91. The van der Waals surface area contributed by atoms with E-state index in [-0.39, 0.29) is 16.5 Å². The number of aryl methyl sites for hydroxylation is 1. The van der Waals surface area contributed by atoms with Crippen molar-refractivity contribution in [2.45, 2.75) is 6.42 Å². The average Bonchev–Trinajstić information content (AvgIpc) is 2.75. The van der Waals surface area contributed by atoms with Crippen LogP contribution in [0.25, 0.3) is 0 Å². The summed E-state index contributed by atoms with van der Waals surface area (Å²) in [5.41, 5.74) is 0.101. The molecule has 0 aliphatic rings. The summed E-state index contributed by atoms with van der Waals surface area (Å²) in [6.07, 6.45) is 4.24. The topological polar surface area (TPSA) is 80.0 Å². The fourth-order valence-corrected chi connectivity index (χ4v) is 1.82. The standard InChI is InChI=1S/C12H13ClN4O2/c1-17-7-6-14-10(17)4-5-15-11-8(12(18)19)2-3-9(13)16-11/h2-3,6-7H,4-5H2,1H3,(H,15,16)(H,18,19). The lowest BCUT2D eigenvalue weighted by Crippen LogP contribution is -2.13. The Hall–Kier alpha value is -2.08. The monoisotopic (exact) mass is 280 g/mol. The third-order valence-electron chi connectivity index (χ3n) is 2.65. The molecule has 0 aliphatic carbocycles. The summed E-state index contributed by atoms with van der Waals surface area (Å²) in [4.78, 5) is 19.2. The number of rotatable bonds is 5. The normalized spacial score (nSPS) is 10.4. The van der Waals surface area contributed by atoms with Gasteiger partial charge in [-0.2, -0.15) is 0 Å². The summed E-state index contributed by atoms with van der Waals surface area (Å²) in [6.45, 7) is 0.526. The summed E-state index contributed by atoms with van der Waals surface area (Å²) in [6, 6.07) is 2.88. The van der Waals surface area contributed by atoms with Crippen LogP contribution in [0.2, 0.25) is 5.15 Å². The van der Waals surface area contributed by atoms with Crippen molar-refractivity contribution in [3.63, 3.8) is 0 Å². The molecule has 2 aromatic rings. The molecule has 2 aromatic heterocycles. The van der Waals surface area contributed by atoms with Gasteiger partial charge in [-0.1, -0.05) is 11.6 Å². The third-order valence-corrected chi connectivity index (χ3v) is 2.86. The maximum absolute atomic E-state index is 11.0. The number of carbonyl (C=O) groups is 1. The van der Waals surface area contributed by atoms with Crippen LogP contribution < -0.4 is 5.32 Å². The number of aromatic carboxylic acids is 1. The van der Waals surface area contributed by atoms with Crippen molar-refractivity contribution in [1.82, 2.24) is 14.5 Å². The maximum atomic E-state index is 11.0. The van der Waals surface area contributed by atoms with Gasteiger partial charge in [-0.25, -0.2) is 14.8 Å². The van der Waals surface area contributed by atoms with Crippen LogP contribution in [-0.4, -0.2) is 32.2 Å². The molecule has 0 saturated carbocycles. The predicted molar refractivity (Wildman–Crippen MR) is 71.6 cm³/mol. The van der Waals surface area contributed by atoms with Gasteiger partial charge in [0.05, 0.1) is 0 Å². The summed E-state index contributed by atoms with van der Waals surface area (Å²) in [5.74, 6) is 0.143. The first-order chi connectivity index (χ1) is 9.08. The van der Waals surface area contributed by atoms with Crippen LogP contribution >= 0.6 is 11.6 Å². The molecule has 0 radical (unpaired) electrons. The molecule has 6 nitrogen and oxygen atoms in total. The molecule has 0 atom stereocenters. The van der Waals surface area contributed by atoms with E-state index >= 15 is 0 Å². The van der Waals surface area contributed by atoms with E-state index in [9.17, 15) is 4.79 Å². The van der Waals surface area contributed by atoms with Crippen LogP contribution in [0.3, 0.4) is 0 Å². The van der Waals surface area contributed by atoms with E-state index in [0.29, 0.717) is 13.0 Å². The first-order valence-electron chi connectivity index (χ1n) is 5.68. The highest BCUT2D eigenvalue weighted by atomic mass is 35.5. The van der Waals surface area contributed by atoms with Crippen LogP contribution in [0.1, 0.15) is 16.2 Å². The molecule has 0 aliphatic heterocycles. The number of halogens is 1. The number of hydrogen-bond donors (Lipinski definition) is 2. The van der Waals surface area contributed by atoms with Gasteiger partial charge in [0, 0.05) is 32.4 Å². The first kappa shape index (κ1) is 13.4. The highest BCUT2D eigenvalue weighted by Crippen LogP contribution is 2.16. The number of aromatic nitrogens is 3. The van der Waals surface area contributed by atoms with Crippen LogP contribution in [0.4, 0.5) is 5.82 Å². The Labute approximate surface area is 115 Å². The number of anilines is 1. The van der Waals surface area contributed by atoms with Gasteiger partial charge in [0.15, 0.2) is 0 Å². The molecule has 2 heterocycles. The molecule has 0 aromatic carbocycles. The van der Waals surface area contributed by atoms with Crippen LogP contribution in [-0.2, 0) is 13.5 Å². The van der Waals surface area contributed by atoms with E-state index in [1.54, 1.807) is 6.20 Å². The molecule has 0 bridgehead atoms. The molecule has 0 spiro atoms. The van der Waals surface area contributed by atoms with Crippen LogP contribution in [0, 0.1) is 0 Å². The number of hydrogen-bond acceptors (Lipinski definition) is 4. The van der Waals surface area contributed by atoms with Gasteiger partial charge in [0.1, 0.15) is 22.4 Å². The van der Waals surface area contributed by atoms with Gasteiger partial charge < -0.3 is 15.0 Å². The summed E-state index contributed by atoms with van der Waals surface area (Å²) >= 11 is 5.76. The quantitative estimate of drug-likeness (QED) is 0.817. The number of carboxylic acids is 1. The largest absolute Gasteiger partial charge is 0.478 e. The van der Waals surface area contributed by atoms with Crippen molar-refractivity contribution in [3.8, 4) is 0 Å². The van der Waals surface area contributed by atoms with Gasteiger partial charge in [-0.05, 0) is 12.1 Å². The number of imidazole rings is 1.